The van der Waals surface area contributed by atoms with Gasteiger partial charge in [-0.15, -0.1) is 0 Å². The van der Waals surface area contributed by atoms with Gasteiger partial charge >= 0.3 is 0 Å². The van der Waals surface area contributed by atoms with Gasteiger partial charge in [0.25, 0.3) is 5.82 Å². The zero-order valence-electron chi connectivity index (χ0n) is 15.9. The monoisotopic (exact) mass is 341 g/mol. The number of hydrogen-bond donors (Lipinski definition) is 0. The lowest BCUT2D eigenvalue weighted by molar-refractivity contribution is -0.633. The van der Waals surface area contributed by atoms with E-state index < -0.39 is 0 Å². The third-order valence-corrected chi connectivity index (χ3v) is 5.19. The predicted molar refractivity (Wildman–Crippen MR) is 109 cm³/mol. The van der Waals surface area contributed by atoms with Crippen LogP contribution in [-0.4, -0.2) is 4.57 Å². The number of fused-ring (bicyclic) bond motifs is 1. The summed E-state index contributed by atoms with van der Waals surface area (Å²) < 4.78 is 4.67. The molecule has 1 heterocycles. The summed E-state index contributed by atoms with van der Waals surface area (Å²) in [6, 6.07) is 26.1. The second kappa shape index (κ2) is 6.45. The van der Waals surface area contributed by atoms with Gasteiger partial charge in [-0.25, -0.2) is 4.57 Å². The number of rotatable bonds is 3. The molecule has 0 unspecified atom stereocenters. The first kappa shape index (κ1) is 16.6. The van der Waals surface area contributed by atoms with Crippen LogP contribution in [0.25, 0.3) is 28.1 Å². The molecule has 26 heavy (non-hydrogen) atoms. The maximum Gasteiger partial charge on any atom is 0.295 e. The van der Waals surface area contributed by atoms with E-state index in [0.717, 1.165) is 0 Å². The van der Waals surface area contributed by atoms with Gasteiger partial charge in [0.05, 0.1) is 12.6 Å². The first-order valence-corrected chi connectivity index (χ1v) is 9.23. The molecule has 0 spiro atoms. The lowest BCUT2D eigenvalue weighted by Crippen LogP contribution is -2.30. The van der Waals surface area contributed by atoms with E-state index in [2.05, 4.69) is 110 Å². The molecule has 0 aliphatic rings. The van der Waals surface area contributed by atoms with Gasteiger partial charge in [-0.1, -0.05) is 56.3 Å². The summed E-state index contributed by atoms with van der Waals surface area (Å²) in [4.78, 5) is 0. The van der Waals surface area contributed by atoms with Crippen LogP contribution in [0.4, 0.5) is 0 Å². The van der Waals surface area contributed by atoms with Crippen molar-refractivity contribution in [2.45, 2.75) is 26.7 Å². The molecule has 0 radical (unpaired) electrons. The van der Waals surface area contributed by atoms with Crippen LogP contribution >= 0.6 is 0 Å². The highest BCUT2D eigenvalue weighted by Gasteiger charge is 2.26. The van der Waals surface area contributed by atoms with Crippen molar-refractivity contribution >= 4 is 11.0 Å². The molecule has 0 aliphatic heterocycles. The molecule has 4 aromatic rings. The Bertz CT molecular complexity index is 1070. The van der Waals surface area contributed by atoms with E-state index in [1.165, 1.54) is 39.2 Å². The normalized spacial score (nSPS) is 11.4. The van der Waals surface area contributed by atoms with Crippen molar-refractivity contribution in [3.05, 3.63) is 83.9 Å². The highest BCUT2D eigenvalue weighted by atomic mass is 15.2. The van der Waals surface area contributed by atoms with Crippen molar-refractivity contribution in [3.8, 4) is 17.1 Å². The fraction of sp³-hybridized carbons (Fsp3) is 0.208. The van der Waals surface area contributed by atoms with E-state index in [4.69, 9.17) is 0 Å². The first-order valence-electron chi connectivity index (χ1n) is 9.23. The van der Waals surface area contributed by atoms with Crippen LogP contribution in [0.15, 0.2) is 72.8 Å². The predicted octanol–water partition coefficient (Wildman–Crippen LogP) is 5.55. The first-order chi connectivity index (χ1) is 12.6. The second-order valence-corrected chi connectivity index (χ2v) is 7.27. The third kappa shape index (κ3) is 2.62. The van der Waals surface area contributed by atoms with Gasteiger partial charge < -0.3 is 0 Å². The highest BCUT2D eigenvalue weighted by molar-refractivity contribution is 5.79. The fourth-order valence-corrected chi connectivity index (χ4v) is 3.75. The van der Waals surface area contributed by atoms with Gasteiger partial charge in [-0.3, -0.25) is 0 Å². The molecule has 0 bridgehead atoms. The van der Waals surface area contributed by atoms with Crippen LogP contribution in [0, 0.1) is 6.92 Å². The molecule has 0 aliphatic carbocycles. The Balaban J connectivity index is 2.06. The van der Waals surface area contributed by atoms with Crippen molar-refractivity contribution in [3.63, 3.8) is 0 Å². The average Bonchev–Trinajstić information content (AvgIpc) is 2.95. The van der Waals surface area contributed by atoms with Crippen LogP contribution in [0.3, 0.4) is 0 Å². The van der Waals surface area contributed by atoms with Gasteiger partial charge in [0.15, 0.2) is 11.0 Å². The Morgan fingerprint density at radius 1 is 0.846 bits per heavy atom. The van der Waals surface area contributed by atoms with E-state index in [9.17, 15) is 0 Å². The molecular weight excluding hydrogens is 316 g/mol. The summed E-state index contributed by atoms with van der Waals surface area (Å²) in [7, 11) is 2.16. The minimum Gasteiger partial charge on any atom is -0.225 e. The Labute approximate surface area is 155 Å². The summed E-state index contributed by atoms with van der Waals surface area (Å²) >= 11 is 0. The van der Waals surface area contributed by atoms with Gasteiger partial charge in [0.1, 0.15) is 5.69 Å². The number of hydrogen-bond acceptors (Lipinski definition) is 0. The molecule has 0 saturated carbocycles. The summed E-state index contributed by atoms with van der Waals surface area (Å²) in [5.41, 5.74) is 7.62. The van der Waals surface area contributed by atoms with Crippen molar-refractivity contribution in [2.75, 3.05) is 0 Å². The SMILES string of the molecule is Cc1cc(C(C)C)ccc1-c1n(-c2ccccc2)c2ccccc2[n+]1C. The molecule has 130 valence electrons. The standard InChI is InChI=1S/C24H25N2/c1-17(2)19-14-15-21(18(3)16-19)24-25(4)22-12-8-9-13-23(22)26(24)20-10-6-5-7-11-20/h5-17H,1-4H3/q+1. The van der Waals surface area contributed by atoms with Crippen LogP contribution in [0.1, 0.15) is 30.9 Å². The molecular formula is C24H25N2+. The van der Waals surface area contributed by atoms with Gasteiger partial charge in [0.2, 0.25) is 0 Å². The van der Waals surface area contributed by atoms with Crippen LogP contribution in [0.2, 0.25) is 0 Å². The molecule has 1 aromatic heterocycles. The molecule has 2 nitrogen and oxygen atoms in total. The third-order valence-electron chi connectivity index (χ3n) is 5.19. The van der Waals surface area contributed by atoms with Crippen LogP contribution < -0.4 is 4.57 Å². The Morgan fingerprint density at radius 3 is 2.23 bits per heavy atom. The molecule has 3 aromatic carbocycles. The summed E-state index contributed by atoms with van der Waals surface area (Å²) in [6.07, 6.45) is 0. The Kier molecular flexibility index (Phi) is 4.12. The number of nitrogens with zero attached hydrogens (tertiary/aromatic N) is 2. The highest BCUT2D eigenvalue weighted by Crippen LogP contribution is 2.30. The molecule has 4 rings (SSSR count). The molecule has 0 atom stereocenters. The quantitative estimate of drug-likeness (QED) is 0.432. The summed E-state index contributed by atoms with van der Waals surface area (Å²) in [5, 5.41) is 0. The van der Waals surface area contributed by atoms with E-state index in [-0.39, 0.29) is 0 Å². The summed E-state index contributed by atoms with van der Waals surface area (Å²) in [6.45, 7) is 6.71. The topological polar surface area (TPSA) is 8.81 Å². The van der Waals surface area contributed by atoms with E-state index in [1.807, 2.05) is 0 Å². The second-order valence-electron chi connectivity index (χ2n) is 7.27. The number of benzene rings is 3. The van der Waals surface area contributed by atoms with Crippen molar-refractivity contribution in [2.24, 2.45) is 7.05 Å². The Morgan fingerprint density at radius 2 is 1.54 bits per heavy atom. The maximum atomic E-state index is 2.37. The lowest BCUT2D eigenvalue weighted by Gasteiger charge is -2.10. The van der Waals surface area contributed by atoms with Crippen LogP contribution in [0.5, 0.6) is 0 Å². The van der Waals surface area contributed by atoms with Gasteiger partial charge in [0, 0.05) is 0 Å². The lowest BCUT2D eigenvalue weighted by atomic mass is 9.97. The molecule has 0 fully saturated rings. The average molecular weight is 341 g/mol. The minimum absolute atomic E-state index is 0.538. The van der Waals surface area contributed by atoms with Crippen LogP contribution in [-0.2, 0) is 7.05 Å². The van der Waals surface area contributed by atoms with Gasteiger partial charge in [-0.05, 0) is 54.3 Å². The number of aryl methyl sites for hydroxylation is 2. The van der Waals surface area contributed by atoms with Gasteiger partial charge in [-0.2, -0.15) is 4.57 Å². The molecule has 2 heteroatoms. The van der Waals surface area contributed by atoms with Crippen molar-refractivity contribution < 1.29 is 4.57 Å². The van der Waals surface area contributed by atoms with Crippen molar-refractivity contribution in [1.29, 1.82) is 0 Å². The Hall–Kier alpha value is -2.87. The number of imidazole rings is 1. The summed E-state index contributed by atoms with van der Waals surface area (Å²) in [5.74, 6) is 1.75. The number of aromatic nitrogens is 2. The molecule has 0 saturated heterocycles. The van der Waals surface area contributed by atoms with E-state index >= 15 is 0 Å². The van der Waals surface area contributed by atoms with E-state index in [0.29, 0.717) is 5.92 Å². The smallest absolute Gasteiger partial charge is 0.225 e. The van der Waals surface area contributed by atoms with E-state index in [1.54, 1.807) is 0 Å². The minimum atomic E-state index is 0.538. The number of para-hydroxylation sites is 3. The zero-order chi connectivity index (χ0) is 18.3. The van der Waals surface area contributed by atoms with Crippen molar-refractivity contribution in [1.82, 2.24) is 4.57 Å². The fourth-order valence-electron chi connectivity index (χ4n) is 3.75. The maximum absolute atomic E-state index is 2.37. The zero-order valence-corrected chi connectivity index (χ0v) is 15.9. The molecule has 0 amide bonds. The largest absolute Gasteiger partial charge is 0.295 e. The molecule has 0 N–H and O–H groups in total.